The van der Waals surface area contributed by atoms with Crippen molar-refractivity contribution >= 4 is 28.5 Å². The fourth-order valence-corrected chi connectivity index (χ4v) is 2.44. The molecule has 0 fully saturated rings. The Bertz CT molecular complexity index is 970. The molecule has 0 aliphatic rings. The quantitative estimate of drug-likeness (QED) is 0.737. The zero-order valence-electron chi connectivity index (χ0n) is 12.5. The number of ether oxygens (including phenoxy) is 1. The number of nitrogens with zero attached hydrogens (tertiary/aromatic N) is 1. The molecule has 0 bridgehead atoms. The number of rotatable bonds is 3. The van der Waals surface area contributed by atoms with Crippen molar-refractivity contribution in [3.8, 4) is 0 Å². The van der Waals surface area contributed by atoms with E-state index in [2.05, 4.69) is 14.7 Å². The third-order valence-corrected chi connectivity index (χ3v) is 3.80. The summed E-state index contributed by atoms with van der Waals surface area (Å²) in [6.07, 6.45) is -1.62. The third kappa shape index (κ3) is 3.00. The summed E-state index contributed by atoms with van der Waals surface area (Å²) < 4.78 is 19.3. The normalized spacial score (nSPS) is 12.1. The first kappa shape index (κ1) is 16.1. The van der Waals surface area contributed by atoms with Gasteiger partial charge in [0.15, 0.2) is 6.17 Å². The predicted molar refractivity (Wildman–Crippen MR) is 88.1 cm³/mol. The average Bonchev–Trinajstić information content (AvgIpc) is 2.60. The van der Waals surface area contributed by atoms with E-state index in [4.69, 9.17) is 11.6 Å². The second kappa shape index (κ2) is 6.41. The topological polar surface area (TPSA) is 72.1 Å². The Morgan fingerprint density at radius 1 is 1.25 bits per heavy atom. The van der Waals surface area contributed by atoms with Crippen molar-refractivity contribution in [2.75, 3.05) is 7.11 Å². The summed E-state index contributed by atoms with van der Waals surface area (Å²) in [5.74, 6) is -0.702. The van der Waals surface area contributed by atoms with Gasteiger partial charge in [-0.15, -0.1) is 0 Å². The Morgan fingerprint density at radius 2 is 1.96 bits per heavy atom. The maximum atomic E-state index is 14.7. The van der Waals surface area contributed by atoms with E-state index in [0.717, 1.165) is 0 Å². The molecule has 0 spiro atoms. The molecule has 0 saturated heterocycles. The van der Waals surface area contributed by atoms with Gasteiger partial charge in [0.05, 0.1) is 23.6 Å². The first-order chi connectivity index (χ1) is 11.5. The minimum atomic E-state index is -1.62. The Morgan fingerprint density at radius 3 is 2.62 bits per heavy atom. The number of esters is 1. The molecule has 0 aliphatic heterocycles. The van der Waals surface area contributed by atoms with Crippen molar-refractivity contribution in [2.45, 2.75) is 6.17 Å². The van der Waals surface area contributed by atoms with E-state index in [1.165, 1.54) is 37.4 Å². The van der Waals surface area contributed by atoms with Gasteiger partial charge in [0.2, 0.25) is 0 Å². The minimum absolute atomic E-state index is 0.142. The number of carbonyl (C=O) groups is 1. The molecule has 1 heterocycles. The summed E-state index contributed by atoms with van der Waals surface area (Å²) in [6, 6.07) is 10.4. The van der Waals surface area contributed by atoms with Gasteiger partial charge < -0.3 is 9.72 Å². The second-order valence-corrected chi connectivity index (χ2v) is 5.53. The molecule has 3 aromatic rings. The van der Waals surface area contributed by atoms with Gasteiger partial charge in [-0.3, -0.25) is 4.79 Å². The number of aromatic amines is 1. The van der Waals surface area contributed by atoms with E-state index in [9.17, 15) is 14.0 Å². The molecular weight excluding hydrogens is 335 g/mol. The van der Waals surface area contributed by atoms with Gasteiger partial charge in [0.1, 0.15) is 5.82 Å². The lowest BCUT2D eigenvalue weighted by Gasteiger charge is -2.09. The highest BCUT2D eigenvalue weighted by Gasteiger charge is 2.17. The van der Waals surface area contributed by atoms with Crippen LogP contribution in [0.15, 0.2) is 47.3 Å². The fourth-order valence-electron chi connectivity index (χ4n) is 2.31. The number of nitrogens with one attached hydrogen (secondary N) is 1. The molecule has 0 radical (unpaired) electrons. The van der Waals surface area contributed by atoms with Crippen LogP contribution in [0.25, 0.3) is 10.9 Å². The van der Waals surface area contributed by atoms with Crippen LogP contribution >= 0.6 is 11.6 Å². The Balaban J connectivity index is 2.09. The molecule has 1 aromatic heterocycles. The standard InChI is InChI=1S/C17H12ClFN2O3/c1-24-17(23)10-4-7-12-13(8-10)20-15(21-16(12)22)14(19)9-2-5-11(18)6-3-9/h2-8,14H,1H3,(H,20,21,22)/t14-/m1/s1. The van der Waals surface area contributed by atoms with Gasteiger partial charge in [-0.1, -0.05) is 23.7 Å². The van der Waals surface area contributed by atoms with Crippen LogP contribution in [0.1, 0.15) is 27.9 Å². The van der Waals surface area contributed by atoms with Gasteiger partial charge in [-0.2, -0.15) is 0 Å². The van der Waals surface area contributed by atoms with Crippen molar-refractivity contribution in [2.24, 2.45) is 0 Å². The number of aromatic nitrogens is 2. The van der Waals surface area contributed by atoms with E-state index in [1.54, 1.807) is 12.1 Å². The lowest BCUT2D eigenvalue weighted by molar-refractivity contribution is 0.0601. The number of H-pyrrole nitrogens is 1. The van der Waals surface area contributed by atoms with Crippen LogP contribution < -0.4 is 5.56 Å². The molecular formula is C17H12ClFN2O3. The summed E-state index contributed by atoms with van der Waals surface area (Å²) in [6.45, 7) is 0. The van der Waals surface area contributed by atoms with Gasteiger partial charge in [-0.25, -0.2) is 14.2 Å². The van der Waals surface area contributed by atoms with E-state index in [-0.39, 0.29) is 22.3 Å². The number of alkyl halides is 1. The lowest BCUT2D eigenvalue weighted by atomic mass is 10.1. The van der Waals surface area contributed by atoms with Crippen molar-refractivity contribution in [3.63, 3.8) is 0 Å². The van der Waals surface area contributed by atoms with Crippen LogP contribution in [0.2, 0.25) is 5.02 Å². The molecule has 1 atom stereocenters. The monoisotopic (exact) mass is 346 g/mol. The van der Waals surface area contributed by atoms with Gasteiger partial charge in [0.25, 0.3) is 5.56 Å². The zero-order valence-corrected chi connectivity index (χ0v) is 13.3. The molecule has 3 rings (SSSR count). The molecule has 2 aromatic carbocycles. The first-order valence-corrected chi connectivity index (χ1v) is 7.39. The van der Waals surface area contributed by atoms with Crippen LogP contribution in [0.5, 0.6) is 0 Å². The highest BCUT2D eigenvalue weighted by Crippen LogP contribution is 2.25. The van der Waals surface area contributed by atoms with Crippen LogP contribution in [0.4, 0.5) is 4.39 Å². The summed E-state index contributed by atoms with van der Waals surface area (Å²) in [5.41, 5.74) is 0.276. The van der Waals surface area contributed by atoms with E-state index >= 15 is 0 Å². The summed E-state index contributed by atoms with van der Waals surface area (Å²) in [5, 5.41) is 0.739. The van der Waals surface area contributed by atoms with Crippen LogP contribution in [0.3, 0.4) is 0 Å². The number of fused-ring (bicyclic) bond motifs is 1. The Kier molecular flexibility index (Phi) is 4.31. The number of halogens is 2. The second-order valence-electron chi connectivity index (χ2n) is 5.09. The highest BCUT2D eigenvalue weighted by atomic mass is 35.5. The van der Waals surface area contributed by atoms with E-state index in [0.29, 0.717) is 10.6 Å². The Labute approximate surface area is 141 Å². The summed E-state index contributed by atoms with van der Waals surface area (Å²) in [4.78, 5) is 30.3. The molecule has 0 aliphatic carbocycles. The van der Waals surface area contributed by atoms with Crippen molar-refractivity contribution in [3.05, 3.63) is 74.8 Å². The van der Waals surface area contributed by atoms with Crippen molar-refractivity contribution in [1.82, 2.24) is 9.97 Å². The zero-order chi connectivity index (χ0) is 17.3. The average molecular weight is 347 g/mol. The summed E-state index contributed by atoms with van der Waals surface area (Å²) in [7, 11) is 1.25. The van der Waals surface area contributed by atoms with Gasteiger partial charge in [-0.05, 0) is 35.9 Å². The predicted octanol–water partition coefficient (Wildman–Crippen LogP) is 3.42. The van der Waals surface area contributed by atoms with Gasteiger partial charge >= 0.3 is 5.97 Å². The number of hydrogen-bond acceptors (Lipinski definition) is 4. The number of benzene rings is 2. The smallest absolute Gasteiger partial charge is 0.337 e. The summed E-state index contributed by atoms with van der Waals surface area (Å²) >= 11 is 5.79. The van der Waals surface area contributed by atoms with Crippen molar-refractivity contribution in [1.29, 1.82) is 0 Å². The molecule has 122 valence electrons. The molecule has 7 heteroatoms. The Hall–Kier alpha value is -2.73. The molecule has 5 nitrogen and oxygen atoms in total. The van der Waals surface area contributed by atoms with Crippen LogP contribution in [-0.2, 0) is 4.74 Å². The maximum absolute atomic E-state index is 14.7. The number of carbonyl (C=O) groups excluding carboxylic acids is 1. The van der Waals surface area contributed by atoms with E-state index < -0.39 is 17.7 Å². The minimum Gasteiger partial charge on any atom is -0.465 e. The third-order valence-electron chi connectivity index (χ3n) is 3.55. The van der Waals surface area contributed by atoms with Crippen molar-refractivity contribution < 1.29 is 13.9 Å². The lowest BCUT2D eigenvalue weighted by Crippen LogP contribution is -2.14. The van der Waals surface area contributed by atoms with Gasteiger partial charge in [0, 0.05) is 5.02 Å². The number of hydrogen-bond donors (Lipinski definition) is 1. The fraction of sp³-hybridized carbons (Fsp3) is 0.118. The highest BCUT2D eigenvalue weighted by molar-refractivity contribution is 6.30. The van der Waals surface area contributed by atoms with Crippen LogP contribution in [-0.4, -0.2) is 23.0 Å². The maximum Gasteiger partial charge on any atom is 0.337 e. The molecule has 24 heavy (non-hydrogen) atoms. The first-order valence-electron chi connectivity index (χ1n) is 7.01. The van der Waals surface area contributed by atoms with E-state index in [1.807, 2.05) is 0 Å². The molecule has 1 N–H and O–H groups in total. The molecule has 0 amide bonds. The van der Waals surface area contributed by atoms with Crippen LogP contribution in [0, 0.1) is 0 Å². The molecule has 0 saturated carbocycles. The largest absolute Gasteiger partial charge is 0.465 e. The number of methoxy groups -OCH3 is 1. The molecule has 0 unspecified atom stereocenters. The SMILES string of the molecule is COC(=O)c1ccc2c(=O)[nH]c([C@H](F)c3ccc(Cl)cc3)nc2c1.